The molecule has 2 aliphatic rings. The number of hydrogen-bond acceptors (Lipinski definition) is 4. The molecule has 0 aromatic carbocycles. The van der Waals surface area contributed by atoms with Gasteiger partial charge in [0.05, 0.1) is 6.10 Å². The van der Waals surface area contributed by atoms with Crippen molar-refractivity contribution in [1.29, 1.82) is 0 Å². The summed E-state index contributed by atoms with van der Waals surface area (Å²) in [4.78, 5) is 18.2. The van der Waals surface area contributed by atoms with Gasteiger partial charge in [-0.1, -0.05) is 0 Å². The number of aliphatic hydroxyl groups excluding tert-OH is 1. The molecule has 2 bridgehead atoms. The van der Waals surface area contributed by atoms with Gasteiger partial charge >= 0.3 is 0 Å². The summed E-state index contributed by atoms with van der Waals surface area (Å²) in [6.45, 7) is 0.734. The first-order valence-corrected chi connectivity index (χ1v) is 7.05. The number of rotatable bonds is 4. The van der Waals surface area contributed by atoms with E-state index in [4.69, 9.17) is 0 Å². The standard InChI is InChI=1S/C13H20N4O2/c18-12-6-10-3-4-11(7-12)17(10)13(19)2-1-5-16-9-14-8-15-16/h8-12,18H,1-7H2/t10-,11+,12?. The molecular formula is C13H20N4O2. The largest absolute Gasteiger partial charge is 0.393 e. The molecule has 2 fully saturated rings. The maximum Gasteiger partial charge on any atom is 0.223 e. The lowest BCUT2D eigenvalue weighted by Crippen LogP contribution is -2.47. The maximum atomic E-state index is 12.3. The Bertz CT molecular complexity index is 420. The Kier molecular flexibility index (Phi) is 3.50. The number of fused-ring (bicyclic) bond motifs is 2. The summed E-state index contributed by atoms with van der Waals surface area (Å²) < 4.78 is 1.75. The zero-order valence-electron chi connectivity index (χ0n) is 11.0. The zero-order chi connectivity index (χ0) is 13.2. The van der Waals surface area contributed by atoms with Crippen LogP contribution in [0.2, 0.25) is 0 Å². The topological polar surface area (TPSA) is 71.2 Å². The Balaban J connectivity index is 1.51. The van der Waals surface area contributed by atoms with Crippen molar-refractivity contribution < 1.29 is 9.90 Å². The van der Waals surface area contributed by atoms with Crippen molar-refractivity contribution in [3.63, 3.8) is 0 Å². The zero-order valence-corrected chi connectivity index (χ0v) is 11.0. The minimum atomic E-state index is -0.211. The second kappa shape index (κ2) is 5.28. The lowest BCUT2D eigenvalue weighted by Gasteiger charge is -2.37. The first kappa shape index (κ1) is 12.6. The summed E-state index contributed by atoms with van der Waals surface area (Å²) in [5.74, 6) is 0.236. The number of carbonyl (C=O) groups is 1. The Morgan fingerprint density at radius 1 is 1.32 bits per heavy atom. The Morgan fingerprint density at radius 3 is 2.68 bits per heavy atom. The predicted molar refractivity (Wildman–Crippen MR) is 68.2 cm³/mol. The number of piperidine rings is 1. The minimum Gasteiger partial charge on any atom is -0.393 e. The molecule has 1 aromatic heterocycles. The third kappa shape index (κ3) is 2.63. The molecule has 1 unspecified atom stereocenters. The van der Waals surface area contributed by atoms with Crippen LogP contribution in [0.15, 0.2) is 12.7 Å². The minimum absolute atomic E-state index is 0.211. The van der Waals surface area contributed by atoms with Crippen LogP contribution in [0.5, 0.6) is 0 Å². The molecule has 0 saturated carbocycles. The van der Waals surface area contributed by atoms with Gasteiger partial charge in [0.15, 0.2) is 0 Å². The molecule has 19 heavy (non-hydrogen) atoms. The summed E-state index contributed by atoms with van der Waals surface area (Å²) in [6.07, 6.45) is 7.93. The van der Waals surface area contributed by atoms with Crippen molar-refractivity contribution in [2.24, 2.45) is 0 Å². The summed E-state index contributed by atoms with van der Waals surface area (Å²) in [5.41, 5.74) is 0. The van der Waals surface area contributed by atoms with Gasteiger partial charge in [-0.3, -0.25) is 9.48 Å². The maximum absolute atomic E-state index is 12.3. The van der Waals surface area contributed by atoms with Gasteiger partial charge in [0.1, 0.15) is 12.7 Å². The van der Waals surface area contributed by atoms with E-state index >= 15 is 0 Å². The molecule has 2 saturated heterocycles. The first-order valence-electron chi connectivity index (χ1n) is 7.05. The van der Waals surface area contributed by atoms with Crippen LogP contribution in [0, 0.1) is 0 Å². The van der Waals surface area contributed by atoms with Gasteiger partial charge in [-0.25, -0.2) is 4.98 Å². The number of carbonyl (C=O) groups excluding carboxylic acids is 1. The predicted octanol–water partition coefficient (Wildman–Crippen LogP) is 0.573. The molecule has 2 aliphatic heterocycles. The molecule has 3 heterocycles. The van der Waals surface area contributed by atoms with Crippen molar-refractivity contribution in [3.05, 3.63) is 12.7 Å². The van der Waals surface area contributed by atoms with E-state index in [0.29, 0.717) is 6.42 Å². The molecule has 0 spiro atoms. The lowest BCUT2D eigenvalue weighted by molar-refractivity contribution is -0.137. The van der Waals surface area contributed by atoms with Crippen molar-refractivity contribution in [3.8, 4) is 0 Å². The van der Waals surface area contributed by atoms with Gasteiger partial charge in [0.25, 0.3) is 0 Å². The van der Waals surface area contributed by atoms with E-state index in [9.17, 15) is 9.90 Å². The average Bonchev–Trinajstić information content (AvgIpc) is 2.96. The van der Waals surface area contributed by atoms with Gasteiger partial charge < -0.3 is 10.0 Å². The van der Waals surface area contributed by atoms with Crippen LogP contribution in [-0.4, -0.2) is 48.9 Å². The summed E-state index contributed by atoms with van der Waals surface area (Å²) in [7, 11) is 0. The Hall–Kier alpha value is -1.43. The van der Waals surface area contributed by atoms with Crippen molar-refractivity contribution in [2.75, 3.05) is 0 Å². The molecule has 6 heteroatoms. The SMILES string of the molecule is O=C(CCCn1cncn1)N1[C@@H]2CC[C@H]1CC(O)C2. The second-order valence-corrected chi connectivity index (χ2v) is 5.57. The van der Waals surface area contributed by atoms with Crippen LogP contribution in [0.4, 0.5) is 0 Å². The van der Waals surface area contributed by atoms with E-state index in [1.54, 1.807) is 11.0 Å². The molecule has 3 atom stereocenters. The highest BCUT2D eigenvalue weighted by Crippen LogP contribution is 2.36. The van der Waals surface area contributed by atoms with Crippen molar-refractivity contribution in [1.82, 2.24) is 19.7 Å². The fraction of sp³-hybridized carbons (Fsp3) is 0.769. The van der Waals surface area contributed by atoms with Crippen LogP contribution in [0.1, 0.15) is 38.5 Å². The molecule has 1 amide bonds. The van der Waals surface area contributed by atoms with Gasteiger partial charge in [0.2, 0.25) is 5.91 Å². The van der Waals surface area contributed by atoms with E-state index in [-0.39, 0.29) is 24.1 Å². The van der Waals surface area contributed by atoms with E-state index in [2.05, 4.69) is 10.1 Å². The van der Waals surface area contributed by atoms with Gasteiger partial charge in [-0.15, -0.1) is 0 Å². The quantitative estimate of drug-likeness (QED) is 0.863. The number of aromatic nitrogens is 3. The number of aryl methyl sites for hydroxylation is 1. The summed E-state index contributed by atoms with van der Waals surface area (Å²) >= 11 is 0. The van der Waals surface area contributed by atoms with Gasteiger partial charge in [0, 0.05) is 25.0 Å². The summed E-state index contributed by atoms with van der Waals surface area (Å²) in [6, 6.07) is 0.542. The highest BCUT2D eigenvalue weighted by molar-refractivity contribution is 5.77. The van der Waals surface area contributed by atoms with Gasteiger partial charge in [-0.05, 0) is 32.1 Å². The van der Waals surface area contributed by atoms with Crippen molar-refractivity contribution >= 4 is 5.91 Å². The third-order valence-corrected chi connectivity index (χ3v) is 4.24. The molecule has 3 rings (SSSR count). The smallest absolute Gasteiger partial charge is 0.223 e. The van der Waals surface area contributed by atoms with Crippen LogP contribution in [0.3, 0.4) is 0 Å². The number of hydrogen-bond donors (Lipinski definition) is 1. The lowest BCUT2D eigenvalue weighted by atomic mass is 9.99. The van der Waals surface area contributed by atoms with Crippen LogP contribution in [0.25, 0.3) is 0 Å². The second-order valence-electron chi connectivity index (χ2n) is 5.57. The highest BCUT2D eigenvalue weighted by Gasteiger charge is 2.42. The summed E-state index contributed by atoms with van der Waals surface area (Å²) in [5, 5.41) is 13.8. The molecule has 1 aromatic rings. The van der Waals surface area contributed by atoms with Crippen LogP contribution < -0.4 is 0 Å². The normalized spacial score (nSPS) is 29.7. The number of amides is 1. The Morgan fingerprint density at radius 2 is 2.05 bits per heavy atom. The fourth-order valence-electron chi connectivity index (χ4n) is 3.43. The average molecular weight is 264 g/mol. The van der Waals surface area contributed by atoms with Crippen LogP contribution >= 0.6 is 0 Å². The fourth-order valence-corrected chi connectivity index (χ4v) is 3.43. The molecule has 0 aliphatic carbocycles. The van der Waals surface area contributed by atoms with Crippen LogP contribution in [-0.2, 0) is 11.3 Å². The van der Waals surface area contributed by atoms with Crippen molar-refractivity contribution in [2.45, 2.75) is 63.3 Å². The highest BCUT2D eigenvalue weighted by atomic mass is 16.3. The monoisotopic (exact) mass is 264 g/mol. The molecule has 104 valence electrons. The first-order chi connectivity index (χ1) is 9.24. The van der Waals surface area contributed by atoms with E-state index in [1.807, 2.05) is 4.90 Å². The van der Waals surface area contributed by atoms with E-state index in [1.165, 1.54) is 6.33 Å². The number of aliphatic hydroxyl groups is 1. The van der Waals surface area contributed by atoms with E-state index in [0.717, 1.165) is 38.6 Å². The Labute approximate surface area is 112 Å². The molecule has 1 N–H and O–H groups in total. The third-order valence-electron chi connectivity index (χ3n) is 4.24. The van der Waals surface area contributed by atoms with Gasteiger partial charge in [-0.2, -0.15) is 5.10 Å². The molecular weight excluding hydrogens is 244 g/mol. The molecule has 6 nitrogen and oxygen atoms in total. The number of nitrogens with zero attached hydrogens (tertiary/aromatic N) is 4. The van der Waals surface area contributed by atoms with E-state index < -0.39 is 0 Å². The molecule has 0 radical (unpaired) electrons.